The van der Waals surface area contributed by atoms with Crippen molar-refractivity contribution in [1.29, 1.82) is 0 Å². The zero-order chi connectivity index (χ0) is 15.8. The summed E-state index contributed by atoms with van der Waals surface area (Å²) < 4.78 is 0. The second kappa shape index (κ2) is 8.20. The van der Waals surface area contributed by atoms with Crippen molar-refractivity contribution in [3.8, 4) is 0 Å². The lowest BCUT2D eigenvalue weighted by molar-refractivity contribution is 0.0999. The largest absolute Gasteiger partial charge is 0.375 e. The summed E-state index contributed by atoms with van der Waals surface area (Å²) in [6, 6.07) is 17.8. The van der Waals surface area contributed by atoms with Crippen molar-refractivity contribution in [2.75, 3.05) is 25.0 Å². The normalized spacial score (nSPS) is 10.4. The maximum absolute atomic E-state index is 11.3. The van der Waals surface area contributed by atoms with Crippen molar-refractivity contribution in [1.82, 2.24) is 5.32 Å². The van der Waals surface area contributed by atoms with Crippen LogP contribution in [0.15, 0.2) is 54.6 Å². The zero-order valence-corrected chi connectivity index (χ0v) is 13.0. The Hall–Kier alpha value is -2.33. The summed E-state index contributed by atoms with van der Waals surface area (Å²) in [4.78, 5) is 13.6. The summed E-state index contributed by atoms with van der Waals surface area (Å²) in [5.41, 5.74) is 8.14. The summed E-state index contributed by atoms with van der Waals surface area (Å²) in [6.07, 6.45) is 1.03. The fourth-order valence-electron chi connectivity index (χ4n) is 2.39. The average molecular weight is 297 g/mol. The monoisotopic (exact) mass is 297 g/mol. The fourth-order valence-corrected chi connectivity index (χ4v) is 2.39. The number of rotatable bonds is 8. The molecule has 0 radical (unpaired) electrons. The lowest BCUT2D eigenvalue weighted by atomic mass is 10.1. The van der Waals surface area contributed by atoms with Crippen LogP contribution in [0.25, 0.3) is 0 Å². The Bertz CT molecular complexity index is 598. The number of amides is 1. The van der Waals surface area contributed by atoms with Gasteiger partial charge in [0, 0.05) is 31.4 Å². The quantitative estimate of drug-likeness (QED) is 0.736. The third-order valence-electron chi connectivity index (χ3n) is 3.64. The molecule has 0 aliphatic heterocycles. The van der Waals surface area contributed by atoms with Gasteiger partial charge in [0.25, 0.3) is 0 Å². The SMILES string of the molecule is CN(CCCNCc1ccccc1C(N)=O)c1ccccc1. The second-order valence-electron chi connectivity index (χ2n) is 5.31. The number of nitrogens with zero attached hydrogens (tertiary/aromatic N) is 1. The molecule has 1 amide bonds. The first-order valence-electron chi connectivity index (χ1n) is 7.53. The maximum atomic E-state index is 11.3. The first-order chi connectivity index (χ1) is 10.7. The standard InChI is InChI=1S/C18H23N3O/c1-21(16-9-3-2-4-10-16)13-7-12-20-14-15-8-5-6-11-17(15)18(19)22/h2-6,8-11,20H,7,12-14H2,1H3,(H2,19,22). The Morgan fingerprint density at radius 2 is 1.77 bits per heavy atom. The number of carbonyl (C=O) groups excluding carboxylic acids is 1. The second-order valence-corrected chi connectivity index (χ2v) is 5.31. The first kappa shape index (κ1) is 16.0. The molecule has 0 heterocycles. The highest BCUT2D eigenvalue weighted by atomic mass is 16.1. The number of benzene rings is 2. The van der Waals surface area contributed by atoms with Crippen LogP contribution in [-0.2, 0) is 6.54 Å². The number of hydrogen-bond acceptors (Lipinski definition) is 3. The van der Waals surface area contributed by atoms with Crippen LogP contribution in [0, 0.1) is 0 Å². The van der Waals surface area contributed by atoms with Crippen LogP contribution in [0.2, 0.25) is 0 Å². The number of anilines is 1. The van der Waals surface area contributed by atoms with E-state index in [2.05, 4.69) is 29.4 Å². The predicted octanol–water partition coefficient (Wildman–Crippen LogP) is 2.40. The molecule has 2 aromatic carbocycles. The van der Waals surface area contributed by atoms with Gasteiger partial charge in [0.1, 0.15) is 0 Å². The van der Waals surface area contributed by atoms with Crippen LogP contribution in [-0.4, -0.2) is 26.0 Å². The van der Waals surface area contributed by atoms with Gasteiger partial charge < -0.3 is 16.0 Å². The molecule has 2 aromatic rings. The van der Waals surface area contributed by atoms with Crippen LogP contribution in [0.3, 0.4) is 0 Å². The third-order valence-corrected chi connectivity index (χ3v) is 3.64. The van der Waals surface area contributed by atoms with E-state index in [1.807, 2.05) is 36.4 Å². The van der Waals surface area contributed by atoms with Gasteiger partial charge in [-0.05, 0) is 36.7 Å². The van der Waals surface area contributed by atoms with E-state index in [4.69, 9.17) is 5.73 Å². The molecule has 0 saturated heterocycles. The van der Waals surface area contributed by atoms with Crippen molar-refractivity contribution < 1.29 is 4.79 Å². The minimum atomic E-state index is -0.374. The number of nitrogens with two attached hydrogens (primary N) is 1. The van der Waals surface area contributed by atoms with Gasteiger partial charge in [-0.3, -0.25) is 4.79 Å². The number of nitrogens with one attached hydrogen (secondary N) is 1. The van der Waals surface area contributed by atoms with Crippen LogP contribution in [0.4, 0.5) is 5.69 Å². The van der Waals surface area contributed by atoms with Gasteiger partial charge in [-0.15, -0.1) is 0 Å². The number of carbonyl (C=O) groups is 1. The first-order valence-corrected chi connectivity index (χ1v) is 7.53. The molecule has 2 rings (SSSR count). The van der Waals surface area contributed by atoms with Gasteiger partial charge in [-0.1, -0.05) is 36.4 Å². The Labute approximate surface area is 131 Å². The van der Waals surface area contributed by atoms with Crippen molar-refractivity contribution in [3.05, 3.63) is 65.7 Å². The van der Waals surface area contributed by atoms with E-state index < -0.39 is 0 Å². The van der Waals surface area contributed by atoms with Crippen LogP contribution in [0.5, 0.6) is 0 Å². The molecular formula is C18H23N3O. The predicted molar refractivity (Wildman–Crippen MR) is 91.0 cm³/mol. The smallest absolute Gasteiger partial charge is 0.249 e. The van der Waals surface area contributed by atoms with Crippen LogP contribution >= 0.6 is 0 Å². The molecule has 0 aromatic heterocycles. The lowest BCUT2D eigenvalue weighted by Crippen LogP contribution is -2.24. The molecule has 3 N–H and O–H groups in total. The molecule has 0 bridgehead atoms. The van der Waals surface area contributed by atoms with Gasteiger partial charge in [-0.25, -0.2) is 0 Å². The van der Waals surface area contributed by atoms with E-state index in [0.29, 0.717) is 12.1 Å². The Kier molecular flexibility index (Phi) is 5.98. The molecule has 0 fully saturated rings. The Morgan fingerprint density at radius 3 is 2.50 bits per heavy atom. The number of hydrogen-bond donors (Lipinski definition) is 2. The highest BCUT2D eigenvalue weighted by molar-refractivity contribution is 5.94. The molecule has 0 spiro atoms. The van der Waals surface area contributed by atoms with E-state index in [9.17, 15) is 4.79 Å². The summed E-state index contributed by atoms with van der Waals surface area (Å²) in [6.45, 7) is 2.53. The molecule has 0 aliphatic carbocycles. The van der Waals surface area contributed by atoms with Gasteiger partial charge >= 0.3 is 0 Å². The van der Waals surface area contributed by atoms with E-state index in [1.165, 1.54) is 5.69 Å². The van der Waals surface area contributed by atoms with Gasteiger partial charge in [-0.2, -0.15) is 0 Å². The summed E-state index contributed by atoms with van der Waals surface area (Å²) in [5, 5.41) is 3.37. The van der Waals surface area contributed by atoms with Crippen molar-refractivity contribution in [2.24, 2.45) is 5.73 Å². The van der Waals surface area contributed by atoms with E-state index in [0.717, 1.165) is 25.1 Å². The van der Waals surface area contributed by atoms with Crippen molar-refractivity contribution in [2.45, 2.75) is 13.0 Å². The van der Waals surface area contributed by atoms with Crippen LogP contribution < -0.4 is 16.0 Å². The molecule has 22 heavy (non-hydrogen) atoms. The van der Waals surface area contributed by atoms with E-state index in [-0.39, 0.29) is 5.91 Å². The molecular weight excluding hydrogens is 274 g/mol. The number of primary amides is 1. The summed E-state index contributed by atoms with van der Waals surface area (Å²) in [5.74, 6) is -0.374. The molecule has 4 heteroatoms. The molecule has 0 saturated carbocycles. The summed E-state index contributed by atoms with van der Waals surface area (Å²) >= 11 is 0. The molecule has 116 valence electrons. The molecule has 0 atom stereocenters. The highest BCUT2D eigenvalue weighted by Gasteiger charge is 2.06. The molecule has 0 aliphatic rings. The molecule has 0 unspecified atom stereocenters. The minimum Gasteiger partial charge on any atom is -0.375 e. The highest BCUT2D eigenvalue weighted by Crippen LogP contribution is 2.11. The third kappa shape index (κ3) is 4.60. The summed E-state index contributed by atoms with van der Waals surface area (Å²) in [7, 11) is 2.09. The fraction of sp³-hybridized carbons (Fsp3) is 0.278. The van der Waals surface area contributed by atoms with Crippen molar-refractivity contribution in [3.63, 3.8) is 0 Å². The molecule has 4 nitrogen and oxygen atoms in total. The van der Waals surface area contributed by atoms with E-state index >= 15 is 0 Å². The van der Waals surface area contributed by atoms with Gasteiger partial charge in [0.05, 0.1) is 0 Å². The Morgan fingerprint density at radius 1 is 1.09 bits per heavy atom. The van der Waals surface area contributed by atoms with Crippen LogP contribution in [0.1, 0.15) is 22.3 Å². The number of para-hydroxylation sites is 1. The van der Waals surface area contributed by atoms with Gasteiger partial charge in [0.2, 0.25) is 5.91 Å². The zero-order valence-electron chi connectivity index (χ0n) is 13.0. The van der Waals surface area contributed by atoms with E-state index in [1.54, 1.807) is 6.07 Å². The maximum Gasteiger partial charge on any atom is 0.249 e. The minimum absolute atomic E-state index is 0.374. The topological polar surface area (TPSA) is 58.4 Å². The average Bonchev–Trinajstić information content (AvgIpc) is 2.55. The lowest BCUT2D eigenvalue weighted by Gasteiger charge is -2.19. The Balaban J connectivity index is 1.73. The van der Waals surface area contributed by atoms with Crippen molar-refractivity contribution >= 4 is 11.6 Å². The van der Waals surface area contributed by atoms with Gasteiger partial charge in [0.15, 0.2) is 0 Å².